The van der Waals surface area contributed by atoms with Gasteiger partial charge in [-0.15, -0.1) is 0 Å². The lowest BCUT2D eigenvalue weighted by Crippen LogP contribution is -2.17. The fourth-order valence-corrected chi connectivity index (χ4v) is 2.52. The molecule has 1 heterocycles. The largest absolute Gasteiger partial charge is 0.481 e. The molecule has 1 aromatic rings. The molecule has 0 spiro atoms. The average molecular weight is 251 g/mol. The monoisotopic (exact) mass is 251 g/mol. The molecule has 0 bridgehead atoms. The Morgan fingerprint density at radius 2 is 2.06 bits per heavy atom. The van der Waals surface area contributed by atoms with E-state index in [9.17, 15) is 9.59 Å². The molecule has 1 aliphatic rings. The Morgan fingerprint density at radius 3 is 2.44 bits per heavy atom. The van der Waals surface area contributed by atoms with Gasteiger partial charge < -0.3 is 10.4 Å². The lowest BCUT2D eigenvalue weighted by Gasteiger charge is -2.04. The van der Waals surface area contributed by atoms with Crippen LogP contribution in [0.4, 0.5) is 5.69 Å². The smallest absolute Gasteiger partial charge is 0.307 e. The number of hydrogen-bond acceptors (Lipinski definition) is 3. The lowest BCUT2D eigenvalue weighted by molar-refractivity contribution is -0.140. The topological polar surface area (TPSA) is 84.2 Å². The van der Waals surface area contributed by atoms with E-state index in [-0.39, 0.29) is 5.91 Å². The van der Waals surface area contributed by atoms with Crippen molar-refractivity contribution >= 4 is 17.6 Å². The average Bonchev–Trinajstić information content (AvgIpc) is 2.66. The zero-order chi connectivity index (χ0) is 13.7. The molecule has 6 nitrogen and oxygen atoms in total. The Hall–Kier alpha value is -1.85. The lowest BCUT2D eigenvalue weighted by atomic mass is 10.1. The summed E-state index contributed by atoms with van der Waals surface area (Å²) in [6, 6.07) is 0. The van der Waals surface area contributed by atoms with Crippen LogP contribution < -0.4 is 5.32 Å². The minimum atomic E-state index is -0.914. The Kier molecular flexibility index (Phi) is 2.68. The SMILES string of the molecule is Cc1nn(C)cc1NC(=O)[C@H]1[C@@H](C(=O)O)C1(C)C. The van der Waals surface area contributed by atoms with E-state index in [0.29, 0.717) is 5.69 Å². The molecular weight excluding hydrogens is 234 g/mol. The predicted octanol–water partition coefficient (Wildman–Crippen LogP) is 1.02. The molecule has 1 aromatic heterocycles. The van der Waals surface area contributed by atoms with Crippen LogP contribution in [0.1, 0.15) is 19.5 Å². The van der Waals surface area contributed by atoms with Crippen molar-refractivity contribution in [2.45, 2.75) is 20.8 Å². The van der Waals surface area contributed by atoms with E-state index in [1.165, 1.54) is 0 Å². The molecule has 2 N–H and O–H groups in total. The molecule has 2 rings (SSSR count). The highest BCUT2D eigenvalue weighted by Gasteiger charge is 2.65. The molecule has 98 valence electrons. The molecule has 0 aliphatic heterocycles. The van der Waals surface area contributed by atoms with Crippen LogP contribution in [0.3, 0.4) is 0 Å². The van der Waals surface area contributed by atoms with Crippen molar-refractivity contribution in [3.05, 3.63) is 11.9 Å². The minimum Gasteiger partial charge on any atom is -0.481 e. The van der Waals surface area contributed by atoms with Gasteiger partial charge in [-0.2, -0.15) is 5.10 Å². The summed E-state index contributed by atoms with van der Waals surface area (Å²) < 4.78 is 1.61. The normalized spacial score (nSPS) is 24.7. The van der Waals surface area contributed by atoms with Crippen molar-refractivity contribution in [1.29, 1.82) is 0 Å². The number of carboxylic acids is 1. The van der Waals surface area contributed by atoms with Gasteiger partial charge in [0, 0.05) is 13.2 Å². The van der Waals surface area contributed by atoms with Gasteiger partial charge >= 0.3 is 5.97 Å². The number of amides is 1. The second kappa shape index (κ2) is 3.83. The molecule has 0 radical (unpaired) electrons. The molecule has 1 aliphatic carbocycles. The number of nitrogens with one attached hydrogen (secondary N) is 1. The quantitative estimate of drug-likeness (QED) is 0.840. The number of aromatic nitrogens is 2. The van der Waals surface area contributed by atoms with Crippen molar-refractivity contribution in [2.75, 3.05) is 5.32 Å². The van der Waals surface area contributed by atoms with Gasteiger partial charge in [-0.3, -0.25) is 14.3 Å². The van der Waals surface area contributed by atoms with Crippen LogP contribution in [-0.2, 0) is 16.6 Å². The summed E-state index contributed by atoms with van der Waals surface area (Å²) in [5, 5.41) is 15.9. The first-order valence-electron chi connectivity index (χ1n) is 5.79. The van der Waals surface area contributed by atoms with Gasteiger partial charge in [0.25, 0.3) is 0 Å². The number of hydrogen-bond donors (Lipinski definition) is 2. The first kappa shape index (κ1) is 12.6. The molecular formula is C12H17N3O3. The number of aliphatic carboxylic acids is 1. The highest BCUT2D eigenvalue weighted by atomic mass is 16.4. The standard InChI is InChI=1S/C12H17N3O3/c1-6-7(5-15(4)14-6)13-10(16)8-9(11(17)18)12(8,2)3/h5,8-9H,1-4H3,(H,13,16)(H,17,18)/t8-,9+/m1/s1. The number of anilines is 1. The van der Waals surface area contributed by atoms with E-state index in [0.717, 1.165) is 5.69 Å². The third-order valence-corrected chi connectivity index (χ3v) is 3.65. The van der Waals surface area contributed by atoms with Gasteiger partial charge in [0.15, 0.2) is 0 Å². The third kappa shape index (κ3) is 1.87. The van der Waals surface area contributed by atoms with Crippen LogP contribution in [0.2, 0.25) is 0 Å². The molecule has 0 aromatic carbocycles. The summed E-state index contributed by atoms with van der Waals surface area (Å²) in [7, 11) is 1.77. The fraction of sp³-hybridized carbons (Fsp3) is 0.583. The van der Waals surface area contributed by atoms with Gasteiger partial charge in [-0.1, -0.05) is 13.8 Å². The van der Waals surface area contributed by atoms with Gasteiger partial charge in [0.05, 0.1) is 23.2 Å². The highest BCUT2D eigenvalue weighted by Crippen LogP contribution is 2.58. The van der Waals surface area contributed by atoms with Gasteiger partial charge in [0.2, 0.25) is 5.91 Å². The Morgan fingerprint density at radius 1 is 1.44 bits per heavy atom. The maximum absolute atomic E-state index is 12.1. The fourth-order valence-electron chi connectivity index (χ4n) is 2.52. The van der Waals surface area contributed by atoms with E-state index in [2.05, 4.69) is 10.4 Å². The Labute approximate surface area is 105 Å². The first-order valence-corrected chi connectivity index (χ1v) is 5.79. The van der Waals surface area contributed by atoms with E-state index < -0.39 is 23.2 Å². The van der Waals surface area contributed by atoms with Crippen molar-refractivity contribution < 1.29 is 14.7 Å². The number of carboxylic acid groups (broad SMARTS) is 1. The van der Waals surface area contributed by atoms with E-state index >= 15 is 0 Å². The van der Waals surface area contributed by atoms with E-state index in [1.54, 1.807) is 38.7 Å². The van der Waals surface area contributed by atoms with Crippen LogP contribution in [0, 0.1) is 24.2 Å². The summed E-state index contributed by atoms with van der Waals surface area (Å²) in [5.41, 5.74) is 0.872. The number of nitrogens with zero attached hydrogens (tertiary/aromatic N) is 2. The summed E-state index contributed by atoms with van der Waals surface area (Å²) >= 11 is 0. The molecule has 1 amide bonds. The molecule has 18 heavy (non-hydrogen) atoms. The second-order valence-corrected chi connectivity index (χ2v) is 5.41. The summed E-state index contributed by atoms with van der Waals surface area (Å²) in [6.07, 6.45) is 1.71. The third-order valence-electron chi connectivity index (χ3n) is 3.65. The van der Waals surface area contributed by atoms with Crippen LogP contribution >= 0.6 is 0 Å². The molecule has 0 saturated heterocycles. The van der Waals surface area contributed by atoms with Crippen molar-refractivity contribution in [3.8, 4) is 0 Å². The van der Waals surface area contributed by atoms with Crippen molar-refractivity contribution in [2.24, 2.45) is 24.3 Å². The zero-order valence-corrected chi connectivity index (χ0v) is 10.9. The highest BCUT2D eigenvalue weighted by molar-refractivity contribution is 5.99. The Bertz CT molecular complexity index is 519. The molecule has 2 atom stereocenters. The van der Waals surface area contributed by atoms with E-state index in [1.807, 2.05) is 0 Å². The predicted molar refractivity (Wildman–Crippen MR) is 65.0 cm³/mol. The summed E-state index contributed by atoms with van der Waals surface area (Å²) in [4.78, 5) is 23.1. The molecule has 0 unspecified atom stereocenters. The summed E-state index contributed by atoms with van der Waals surface area (Å²) in [5.74, 6) is -2.24. The second-order valence-electron chi connectivity index (χ2n) is 5.41. The minimum absolute atomic E-state index is 0.247. The van der Waals surface area contributed by atoms with Crippen LogP contribution in [0.25, 0.3) is 0 Å². The number of aryl methyl sites for hydroxylation is 2. The number of carbonyl (C=O) groups excluding carboxylic acids is 1. The maximum atomic E-state index is 12.1. The van der Waals surface area contributed by atoms with Crippen molar-refractivity contribution in [1.82, 2.24) is 9.78 Å². The maximum Gasteiger partial charge on any atom is 0.307 e. The first-order chi connectivity index (χ1) is 8.25. The molecule has 1 saturated carbocycles. The van der Waals surface area contributed by atoms with Gasteiger partial charge in [0.1, 0.15) is 0 Å². The van der Waals surface area contributed by atoms with Gasteiger partial charge in [-0.05, 0) is 12.3 Å². The molecule has 1 fully saturated rings. The number of rotatable bonds is 3. The Balaban J connectivity index is 2.11. The van der Waals surface area contributed by atoms with Crippen LogP contribution in [0.5, 0.6) is 0 Å². The van der Waals surface area contributed by atoms with Crippen molar-refractivity contribution in [3.63, 3.8) is 0 Å². The molecule has 6 heteroatoms. The number of carbonyl (C=O) groups is 2. The zero-order valence-electron chi connectivity index (χ0n) is 10.9. The summed E-state index contributed by atoms with van der Waals surface area (Å²) in [6.45, 7) is 5.39. The van der Waals surface area contributed by atoms with Crippen LogP contribution in [-0.4, -0.2) is 26.8 Å². The van der Waals surface area contributed by atoms with Crippen LogP contribution in [0.15, 0.2) is 6.20 Å². The van der Waals surface area contributed by atoms with Gasteiger partial charge in [-0.25, -0.2) is 0 Å². The van der Waals surface area contributed by atoms with E-state index in [4.69, 9.17) is 5.11 Å².